The molecule has 0 fully saturated rings. The molecule has 13 rings (SSSR count). The highest BCUT2D eigenvalue weighted by Crippen LogP contribution is 2.65. The molecule has 1 spiro atoms. The van der Waals surface area contributed by atoms with E-state index in [1.807, 2.05) is 6.07 Å². The van der Waals surface area contributed by atoms with Gasteiger partial charge in [0.25, 0.3) is 0 Å². The van der Waals surface area contributed by atoms with E-state index < -0.39 is 5.41 Å². The molecule has 0 amide bonds. The largest absolute Gasteiger partial charge is 0.454 e. The summed E-state index contributed by atoms with van der Waals surface area (Å²) in [6.07, 6.45) is 0. The Morgan fingerprint density at radius 2 is 0.823 bits per heavy atom. The van der Waals surface area contributed by atoms with Crippen LogP contribution < -0.4 is 9.80 Å². The Morgan fingerprint density at radius 3 is 1.52 bits per heavy atom. The van der Waals surface area contributed by atoms with Crippen molar-refractivity contribution in [3.8, 4) is 22.3 Å². The molecule has 0 N–H and O–H groups in total. The molecule has 0 saturated heterocycles. The van der Waals surface area contributed by atoms with Crippen LogP contribution in [-0.2, 0) is 5.41 Å². The lowest BCUT2D eigenvalue weighted by Crippen LogP contribution is -2.26. The topological polar surface area (TPSA) is 19.6 Å². The molecule has 62 heavy (non-hydrogen) atoms. The molecule has 1 atom stereocenters. The quantitative estimate of drug-likeness (QED) is 0.167. The van der Waals surface area contributed by atoms with Gasteiger partial charge >= 0.3 is 0 Å². The van der Waals surface area contributed by atoms with Crippen molar-refractivity contribution in [1.29, 1.82) is 0 Å². The molecule has 2 aliphatic rings. The van der Waals surface area contributed by atoms with E-state index in [2.05, 4.69) is 234 Å². The Bertz CT molecular complexity index is 3500. The summed E-state index contributed by atoms with van der Waals surface area (Å²) < 4.78 is 6.74. The predicted molar refractivity (Wildman–Crippen MR) is 257 cm³/mol. The van der Waals surface area contributed by atoms with Gasteiger partial charge in [0, 0.05) is 38.9 Å². The van der Waals surface area contributed by atoms with Crippen molar-refractivity contribution >= 4 is 66.8 Å². The minimum Gasteiger partial charge on any atom is -0.454 e. The molecule has 10 aromatic carbocycles. The SMILES string of the molecule is c1ccc(N(c2ccccc2)c2cc3c(c4ccccc24)-c2ccccc2C32c3ccccc3-c3ccc(N(c4ccccc4)c4cccc5c4oc4ccccc45)cc32)cc1. The molecule has 1 unspecified atom stereocenters. The first-order valence-electron chi connectivity index (χ1n) is 21.4. The molecule has 11 aromatic rings. The van der Waals surface area contributed by atoms with Gasteiger partial charge in [-0.15, -0.1) is 0 Å². The third kappa shape index (κ3) is 4.82. The first-order valence-corrected chi connectivity index (χ1v) is 21.4. The van der Waals surface area contributed by atoms with E-state index >= 15 is 0 Å². The van der Waals surface area contributed by atoms with Gasteiger partial charge in [-0.25, -0.2) is 0 Å². The summed E-state index contributed by atoms with van der Waals surface area (Å²) >= 11 is 0. The lowest BCUT2D eigenvalue weighted by atomic mass is 9.70. The van der Waals surface area contributed by atoms with Crippen molar-refractivity contribution in [2.45, 2.75) is 5.41 Å². The van der Waals surface area contributed by atoms with Crippen molar-refractivity contribution in [2.75, 3.05) is 9.80 Å². The van der Waals surface area contributed by atoms with E-state index in [1.165, 1.54) is 55.3 Å². The Hall–Kier alpha value is -8.14. The van der Waals surface area contributed by atoms with E-state index in [9.17, 15) is 0 Å². The number of rotatable bonds is 6. The highest BCUT2D eigenvalue weighted by molar-refractivity contribution is 6.13. The van der Waals surface area contributed by atoms with Crippen molar-refractivity contribution in [3.05, 3.63) is 253 Å². The number of benzene rings is 10. The Morgan fingerprint density at radius 1 is 0.306 bits per heavy atom. The molecule has 1 aromatic heterocycles. The van der Waals surface area contributed by atoms with E-state index in [-0.39, 0.29) is 0 Å². The second-order valence-corrected chi connectivity index (χ2v) is 16.4. The van der Waals surface area contributed by atoms with E-state index in [0.717, 1.165) is 56.1 Å². The Kier molecular flexibility index (Phi) is 7.52. The van der Waals surface area contributed by atoms with Gasteiger partial charge in [-0.05, 0) is 117 Å². The van der Waals surface area contributed by atoms with Gasteiger partial charge in [-0.3, -0.25) is 0 Å². The lowest BCUT2D eigenvalue weighted by molar-refractivity contribution is 0.669. The van der Waals surface area contributed by atoms with Crippen LogP contribution in [0.2, 0.25) is 0 Å². The maximum atomic E-state index is 6.74. The van der Waals surface area contributed by atoms with E-state index in [1.54, 1.807) is 0 Å². The molecule has 0 bridgehead atoms. The van der Waals surface area contributed by atoms with Crippen LogP contribution in [0.4, 0.5) is 34.1 Å². The number of hydrogen-bond donors (Lipinski definition) is 0. The van der Waals surface area contributed by atoms with Gasteiger partial charge in [-0.1, -0.05) is 164 Å². The summed E-state index contributed by atoms with van der Waals surface area (Å²) in [6.45, 7) is 0. The van der Waals surface area contributed by atoms with Crippen LogP contribution in [0.25, 0.3) is 55.0 Å². The maximum Gasteiger partial charge on any atom is 0.159 e. The van der Waals surface area contributed by atoms with Crippen molar-refractivity contribution in [2.24, 2.45) is 0 Å². The zero-order valence-electron chi connectivity index (χ0n) is 33.7. The second-order valence-electron chi connectivity index (χ2n) is 16.4. The normalized spacial score (nSPS) is 14.5. The molecule has 3 nitrogen and oxygen atoms in total. The first-order chi connectivity index (χ1) is 30.8. The monoisotopic (exact) mass is 790 g/mol. The van der Waals surface area contributed by atoms with Gasteiger partial charge in [0.1, 0.15) is 5.58 Å². The molecule has 0 saturated carbocycles. The van der Waals surface area contributed by atoms with Gasteiger partial charge in [0.15, 0.2) is 5.58 Å². The van der Waals surface area contributed by atoms with Crippen LogP contribution in [0.3, 0.4) is 0 Å². The van der Waals surface area contributed by atoms with Gasteiger partial charge in [-0.2, -0.15) is 0 Å². The maximum absolute atomic E-state index is 6.74. The molecule has 0 radical (unpaired) electrons. The number of fused-ring (bicyclic) bond motifs is 15. The fourth-order valence-corrected chi connectivity index (χ4v) is 10.8. The Labute approximate surface area is 360 Å². The van der Waals surface area contributed by atoms with Gasteiger partial charge in [0.2, 0.25) is 0 Å². The Balaban J connectivity index is 1.13. The standard InChI is InChI=1S/C59H38N2O/c1-4-19-39(20-5-1)60(40-21-6-2-7-22-40)55-38-53-57(47-28-11-10-26-45(47)55)49-29-13-16-32-51(49)59(53)50-31-15-12-25-43(50)44-36-35-42(37-52(44)59)61(41-23-8-3-9-24-41)54-33-18-30-48-46-27-14-17-34-56(46)62-58(48)54/h1-38H. The van der Waals surface area contributed by atoms with Gasteiger partial charge in [0.05, 0.1) is 16.8 Å². The van der Waals surface area contributed by atoms with Crippen LogP contribution in [0.5, 0.6) is 0 Å². The number of hydrogen-bond acceptors (Lipinski definition) is 3. The second kappa shape index (κ2) is 13.4. The van der Waals surface area contributed by atoms with Gasteiger partial charge < -0.3 is 14.2 Å². The summed E-state index contributed by atoms with van der Waals surface area (Å²) in [4.78, 5) is 4.81. The minimum atomic E-state index is -0.612. The highest BCUT2D eigenvalue weighted by atomic mass is 16.3. The lowest BCUT2D eigenvalue weighted by Gasteiger charge is -2.34. The zero-order chi connectivity index (χ0) is 40.8. The third-order valence-corrected chi connectivity index (χ3v) is 13.2. The predicted octanol–water partition coefficient (Wildman–Crippen LogP) is 16.0. The molecular weight excluding hydrogens is 753 g/mol. The fraction of sp³-hybridized carbons (Fsp3) is 0.0169. The smallest absolute Gasteiger partial charge is 0.159 e. The average molecular weight is 791 g/mol. The first kappa shape index (κ1) is 34.7. The number of anilines is 6. The average Bonchev–Trinajstić information content (AvgIpc) is 3.97. The highest BCUT2D eigenvalue weighted by Gasteiger charge is 2.52. The van der Waals surface area contributed by atoms with Crippen LogP contribution in [0.15, 0.2) is 235 Å². The summed E-state index contributed by atoms with van der Waals surface area (Å²) in [6, 6.07) is 84.0. The molecule has 0 aliphatic heterocycles. The molecule has 1 heterocycles. The summed E-state index contributed by atoms with van der Waals surface area (Å²) in [5.74, 6) is 0. The number of furan rings is 1. The van der Waals surface area contributed by atoms with Crippen LogP contribution in [-0.4, -0.2) is 0 Å². The van der Waals surface area contributed by atoms with E-state index in [0.29, 0.717) is 0 Å². The number of nitrogens with zero attached hydrogens (tertiary/aromatic N) is 2. The van der Waals surface area contributed by atoms with E-state index in [4.69, 9.17) is 4.42 Å². The summed E-state index contributed by atoms with van der Waals surface area (Å²) in [5, 5.41) is 4.66. The molecular formula is C59H38N2O. The van der Waals surface area contributed by atoms with Crippen molar-refractivity contribution in [1.82, 2.24) is 0 Å². The molecule has 3 heteroatoms. The summed E-state index contributed by atoms with van der Waals surface area (Å²) in [7, 11) is 0. The zero-order valence-corrected chi connectivity index (χ0v) is 33.7. The van der Waals surface area contributed by atoms with Crippen LogP contribution in [0.1, 0.15) is 22.3 Å². The molecule has 2 aliphatic carbocycles. The van der Waals surface area contributed by atoms with Crippen LogP contribution >= 0.6 is 0 Å². The van der Waals surface area contributed by atoms with Crippen LogP contribution in [0, 0.1) is 0 Å². The fourth-order valence-electron chi connectivity index (χ4n) is 10.8. The third-order valence-electron chi connectivity index (χ3n) is 13.2. The molecule has 290 valence electrons. The van der Waals surface area contributed by atoms with Crippen molar-refractivity contribution in [3.63, 3.8) is 0 Å². The number of para-hydroxylation sites is 5. The summed E-state index contributed by atoms with van der Waals surface area (Å²) in [5.41, 5.74) is 17.9. The minimum absolute atomic E-state index is 0.612. The van der Waals surface area contributed by atoms with Crippen molar-refractivity contribution < 1.29 is 4.42 Å².